The first-order valence-electron chi connectivity index (χ1n) is 14.2. The average molecular weight is 617 g/mol. The van der Waals surface area contributed by atoms with E-state index in [1.807, 2.05) is 71.8 Å². The first-order valence-corrected chi connectivity index (χ1v) is 16.2. The zero-order valence-electron chi connectivity index (χ0n) is 24.2. The fourth-order valence-electron chi connectivity index (χ4n) is 5.02. The number of methoxy groups -OCH3 is 1. The number of benzene rings is 3. The number of aryl methyl sites for hydroxylation is 1. The topological polar surface area (TPSA) is 104 Å². The van der Waals surface area contributed by atoms with E-state index in [2.05, 4.69) is 15.6 Å². The van der Waals surface area contributed by atoms with Crippen molar-refractivity contribution < 1.29 is 19.4 Å². The number of ether oxygens (including phenoxy) is 1. The molecule has 1 fully saturated rings. The summed E-state index contributed by atoms with van der Waals surface area (Å²) in [7, 11) is 1.63. The highest BCUT2D eigenvalue weighted by Gasteiger charge is 2.33. The third kappa shape index (κ3) is 8.03. The molecule has 43 heavy (non-hydrogen) atoms. The minimum atomic E-state index is -0.858. The maximum absolute atomic E-state index is 13.6. The molecule has 4 aromatic rings. The van der Waals surface area contributed by atoms with Crippen LogP contribution in [0.25, 0.3) is 0 Å². The van der Waals surface area contributed by atoms with Gasteiger partial charge in [0.2, 0.25) is 0 Å². The van der Waals surface area contributed by atoms with Crippen LogP contribution in [0.1, 0.15) is 48.6 Å². The van der Waals surface area contributed by atoms with Crippen LogP contribution < -0.4 is 15.4 Å². The van der Waals surface area contributed by atoms with Crippen molar-refractivity contribution in [2.45, 2.75) is 38.1 Å². The molecular formula is C33H36N4O4S2. The Kier molecular flexibility index (Phi) is 10.5. The van der Waals surface area contributed by atoms with Crippen molar-refractivity contribution in [3.05, 3.63) is 117 Å². The number of carbonyl (C=O) groups is 2. The number of rotatable bonds is 12. The number of thioether (sulfide) groups is 1. The Morgan fingerprint density at radius 3 is 2.58 bits per heavy atom. The summed E-state index contributed by atoms with van der Waals surface area (Å²) in [6.45, 7) is 2.77. The van der Waals surface area contributed by atoms with E-state index in [9.17, 15) is 14.7 Å². The molecule has 1 aliphatic heterocycles. The molecule has 0 radical (unpaired) electrons. The van der Waals surface area contributed by atoms with Gasteiger partial charge < -0.3 is 25.4 Å². The average Bonchev–Trinajstić information content (AvgIpc) is 3.70. The first kappa shape index (κ1) is 30.7. The van der Waals surface area contributed by atoms with Gasteiger partial charge in [-0.15, -0.1) is 23.1 Å². The lowest BCUT2D eigenvalue weighted by Gasteiger charge is -2.25. The molecule has 2 amide bonds. The van der Waals surface area contributed by atoms with E-state index in [0.717, 1.165) is 33.3 Å². The molecule has 3 N–H and O–H groups in total. The van der Waals surface area contributed by atoms with Gasteiger partial charge in [-0.25, -0.2) is 4.98 Å². The predicted molar refractivity (Wildman–Crippen MR) is 172 cm³/mol. The molecule has 1 aromatic heterocycles. The van der Waals surface area contributed by atoms with Gasteiger partial charge in [-0.3, -0.25) is 9.59 Å². The molecule has 1 saturated heterocycles. The maximum atomic E-state index is 13.6. The van der Waals surface area contributed by atoms with Crippen LogP contribution in [0, 0.1) is 6.92 Å². The number of hydrogen-bond donors (Lipinski definition) is 3. The molecule has 0 spiro atoms. The molecular weight excluding hydrogens is 581 g/mol. The summed E-state index contributed by atoms with van der Waals surface area (Å²) in [6, 6.07) is 23.7. The summed E-state index contributed by atoms with van der Waals surface area (Å²) in [5.74, 6) is 1.67. The van der Waals surface area contributed by atoms with E-state index >= 15 is 0 Å². The number of carbonyl (C=O) groups excluding carboxylic acids is 2. The van der Waals surface area contributed by atoms with Gasteiger partial charge in [-0.2, -0.15) is 0 Å². The van der Waals surface area contributed by atoms with E-state index < -0.39 is 12.1 Å². The number of nitrogens with zero attached hydrogens (tertiary/aromatic N) is 2. The number of aliphatic hydroxyl groups excluding tert-OH is 1. The number of hydrogen-bond acceptors (Lipinski definition) is 8. The monoisotopic (exact) mass is 616 g/mol. The fraction of sp³-hybridized carbons (Fsp3) is 0.303. The normalized spacial score (nSPS) is 16.1. The Balaban J connectivity index is 1.27. The molecule has 0 bridgehead atoms. The summed E-state index contributed by atoms with van der Waals surface area (Å²) in [6.07, 6.45) is -0.406. The Labute approximate surface area is 260 Å². The molecule has 3 unspecified atom stereocenters. The van der Waals surface area contributed by atoms with Crippen molar-refractivity contribution in [3.63, 3.8) is 0 Å². The van der Waals surface area contributed by atoms with E-state index in [-0.39, 0.29) is 24.4 Å². The van der Waals surface area contributed by atoms with E-state index in [0.29, 0.717) is 30.0 Å². The molecule has 0 aliphatic carbocycles. The number of thiazole rings is 1. The second kappa shape index (κ2) is 14.7. The standard InChI is InChI=1S/C33H36N4O4S2/c1-22-19-43-32(35-22)29-20-42-21-37(29)33(40)26-12-7-11-25(16-26)31(39)36-28(15-23-8-4-3-5-9-23)30(38)18-34-17-24-10-6-13-27(14-24)41-2/h3-14,16,19,28-30,34,38H,15,17-18,20-21H2,1-2H3,(H,36,39). The van der Waals surface area contributed by atoms with Crippen LogP contribution in [-0.4, -0.2) is 64.2 Å². The molecule has 3 aromatic carbocycles. The van der Waals surface area contributed by atoms with Gasteiger partial charge in [0, 0.05) is 41.0 Å². The van der Waals surface area contributed by atoms with Crippen molar-refractivity contribution in [1.29, 1.82) is 0 Å². The minimum absolute atomic E-state index is 0.0800. The fourth-order valence-corrected chi connectivity index (χ4v) is 7.20. The SMILES string of the molecule is COc1cccc(CNCC(O)C(Cc2ccccc2)NC(=O)c2cccc(C(=O)N3CSCC3c3nc(C)cs3)c2)c1. The van der Waals surface area contributed by atoms with Crippen LogP contribution in [0.5, 0.6) is 5.75 Å². The first-order chi connectivity index (χ1) is 20.9. The molecule has 1 aliphatic rings. The lowest BCUT2D eigenvalue weighted by Crippen LogP contribution is -2.48. The Hall–Kier alpha value is -3.70. The summed E-state index contributed by atoms with van der Waals surface area (Å²) < 4.78 is 5.30. The van der Waals surface area contributed by atoms with Crippen LogP contribution in [0.2, 0.25) is 0 Å². The van der Waals surface area contributed by atoms with Gasteiger partial charge in [-0.1, -0.05) is 48.5 Å². The van der Waals surface area contributed by atoms with Gasteiger partial charge in [0.1, 0.15) is 10.8 Å². The third-order valence-corrected chi connectivity index (χ3v) is 9.41. The summed E-state index contributed by atoms with van der Waals surface area (Å²) in [5.41, 5.74) is 3.80. The smallest absolute Gasteiger partial charge is 0.255 e. The van der Waals surface area contributed by atoms with Crippen LogP contribution in [-0.2, 0) is 13.0 Å². The van der Waals surface area contributed by atoms with Gasteiger partial charge in [-0.05, 0) is 54.8 Å². The largest absolute Gasteiger partial charge is 0.497 e. The molecule has 224 valence electrons. The number of nitrogens with one attached hydrogen (secondary N) is 2. The maximum Gasteiger partial charge on any atom is 0.255 e. The van der Waals surface area contributed by atoms with Crippen LogP contribution in [0.4, 0.5) is 0 Å². The molecule has 5 rings (SSSR count). The lowest BCUT2D eigenvalue weighted by atomic mass is 10.00. The van der Waals surface area contributed by atoms with Crippen molar-refractivity contribution >= 4 is 34.9 Å². The van der Waals surface area contributed by atoms with E-state index in [4.69, 9.17) is 4.74 Å². The Bertz CT molecular complexity index is 1530. The number of aliphatic hydroxyl groups is 1. The van der Waals surface area contributed by atoms with Crippen LogP contribution in [0.15, 0.2) is 84.2 Å². The van der Waals surface area contributed by atoms with Crippen molar-refractivity contribution in [2.24, 2.45) is 0 Å². The highest BCUT2D eigenvalue weighted by Crippen LogP contribution is 2.35. The van der Waals surface area contributed by atoms with Gasteiger partial charge in [0.05, 0.1) is 31.2 Å². The molecule has 10 heteroatoms. The quantitative estimate of drug-likeness (QED) is 0.209. The van der Waals surface area contributed by atoms with E-state index in [1.54, 1.807) is 54.5 Å². The predicted octanol–water partition coefficient (Wildman–Crippen LogP) is 4.84. The Morgan fingerprint density at radius 2 is 1.81 bits per heavy atom. The van der Waals surface area contributed by atoms with Gasteiger partial charge in [0.25, 0.3) is 11.8 Å². The van der Waals surface area contributed by atoms with Crippen molar-refractivity contribution in [2.75, 3.05) is 25.3 Å². The molecule has 8 nitrogen and oxygen atoms in total. The van der Waals surface area contributed by atoms with Gasteiger partial charge in [0.15, 0.2) is 0 Å². The molecule has 3 atom stereocenters. The lowest BCUT2D eigenvalue weighted by molar-refractivity contribution is 0.0746. The number of amides is 2. The van der Waals surface area contributed by atoms with Crippen molar-refractivity contribution in [1.82, 2.24) is 20.5 Å². The summed E-state index contributed by atoms with van der Waals surface area (Å²) in [5, 5.41) is 20.5. The summed E-state index contributed by atoms with van der Waals surface area (Å²) in [4.78, 5) is 33.5. The highest BCUT2D eigenvalue weighted by atomic mass is 32.2. The van der Waals surface area contributed by atoms with Crippen molar-refractivity contribution in [3.8, 4) is 5.75 Å². The van der Waals surface area contributed by atoms with Crippen LogP contribution in [0.3, 0.4) is 0 Å². The van der Waals surface area contributed by atoms with E-state index in [1.165, 1.54) is 0 Å². The highest BCUT2D eigenvalue weighted by molar-refractivity contribution is 7.99. The van der Waals surface area contributed by atoms with Crippen LogP contribution >= 0.6 is 23.1 Å². The molecule has 0 saturated carbocycles. The second-order valence-corrected chi connectivity index (χ2v) is 12.4. The zero-order chi connectivity index (χ0) is 30.2. The second-order valence-electron chi connectivity index (χ2n) is 10.5. The molecule has 2 heterocycles. The number of aromatic nitrogens is 1. The third-order valence-electron chi connectivity index (χ3n) is 7.33. The Morgan fingerprint density at radius 1 is 1.05 bits per heavy atom. The van der Waals surface area contributed by atoms with Gasteiger partial charge >= 0.3 is 0 Å². The summed E-state index contributed by atoms with van der Waals surface area (Å²) >= 11 is 3.27. The zero-order valence-corrected chi connectivity index (χ0v) is 25.9. The minimum Gasteiger partial charge on any atom is -0.497 e.